The summed E-state index contributed by atoms with van der Waals surface area (Å²) < 4.78 is 12.9. The second kappa shape index (κ2) is 6.89. The SMILES string of the molecule is O=C(NN1CCN(C(=O)c2cccs2)CC1)c1ccc(F)cc1. The number of carbonyl (C=O) groups is 2. The second-order valence-electron chi connectivity index (χ2n) is 5.20. The number of hydrazine groups is 1. The molecule has 23 heavy (non-hydrogen) atoms. The van der Waals surface area contributed by atoms with Crippen molar-refractivity contribution in [1.29, 1.82) is 0 Å². The van der Waals surface area contributed by atoms with Gasteiger partial charge in [0, 0.05) is 31.7 Å². The van der Waals surface area contributed by atoms with Gasteiger partial charge in [0.1, 0.15) is 5.82 Å². The van der Waals surface area contributed by atoms with Gasteiger partial charge in [0.15, 0.2) is 0 Å². The van der Waals surface area contributed by atoms with Crippen LogP contribution in [-0.2, 0) is 0 Å². The van der Waals surface area contributed by atoms with Crippen molar-refractivity contribution in [3.8, 4) is 0 Å². The minimum atomic E-state index is -0.373. The van der Waals surface area contributed by atoms with Crippen molar-refractivity contribution >= 4 is 23.2 Å². The zero-order chi connectivity index (χ0) is 16.2. The molecule has 1 aromatic heterocycles. The predicted molar refractivity (Wildman–Crippen MR) is 85.7 cm³/mol. The zero-order valence-electron chi connectivity index (χ0n) is 12.4. The van der Waals surface area contributed by atoms with E-state index in [4.69, 9.17) is 0 Å². The molecule has 0 saturated carbocycles. The highest BCUT2D eigenvalue weighted by atomic mass is 32.1. The molecule has 1 fully saturated rings. The lowest BCUT2D eigenvalue weighted by molar-refractivity contribution is 0.0509. The van der Waals surface area contributed by atoms with Crippen LogP contribution in [0.25, 0.3) is 0 Å². The molecule has 3 rings (SSSR count). The van der Waals surface area contributed by atoms with Crippen molar-refractivity contribution in [1.82, 2.24) is 15.3 Å². The van der Waals surface area contributed by atoms with Gasteiger partial charge in [-0.1, -0.05) is 6.07 Å². The number of hydrogen-bond donors (Lipinski definition) is 1. The third-order valence-corrected chi connectivity index (χ3v) is 4.52. The van der Waals surface area contributed by atoms with Crippen LogP contribution < -0.4 is 5.43 Å². The average molecular weight is 333 g/mol. The molecule has 2 amide bonds. The number of benzene rings is 1. The molecule has 7 heteroatoms. The van der Waals surface area contributed by atoms with E-state index in [-0.39, 0.29) is 17.6 Å². The normalized spacial score (nSPS) is 15.4. The zero-order valence-corrected chi connectivity index (χ0v) is 13.2. The molecular weight excluding hydrogens is 317 g/mol. The smallest absolute Gasteiger partial charge is 0.265 e. The molecule has 1 aliphatic heterocycles. The predicted octanol–water partition coefficient (Wildman–Crippen LogP) is 1.99. The van der Waals surface area contributed by atoms with Crippen molar-refractivity contribution in [2.24, 2.45) is 0 Å². The largest absolute Gasteiger partial charge is 0.335 e. The Morgan fingerprint density at radius 1 is 1.04 bits per heavy atom. The Hall–Kier alpha value is -2.25. The average Bonchev–Trinajstić information content (AvgIpc) is 3.10. The molecule has 0 atom stereocenters. The molecule has 0 unspecified atom stereocenters. The molecule has 2 aromatic rings. The van der Waals surface area contributed by atoms with E-state index in [1.807, 2.05) is 17.5 Å². The van der Waals surface area contributed by atoms with Crippen molar-refractivity contribution in [3.63, 3.8) is 0 Å². The van der Waals surface area contributed by atoms with Gasteiger partial charge in [-0.2, -0.15) is 0 Å². The van der Waals surface area contributed by atoms with Crippen LogP contribution in [0.3, 0.4) is 0 Å². The molecule has 5 nitrogen and oxygen atoms in total. The fraction of sp³-hybridized carbons (Fsp3) is 0.250. The number of halogens is 1. The van der Waals surface area contributed by atoms with Gasteiger partial charge in [0.2, 0.25) is 0 Å². The number of hydrogen-bond acceptors (Lipinski definition) is 4. The van der Waals surface area contributed by atoms with Crippen LogP contribution in [0, 0.1) is 5.82 Å². The van der Waals surface area contributed by atoms with E-state index in [9.17, 15) is 14.0 Å². The Labute approximate surface area is 137 Å². The molecule has 2 heterocycles. The van der Waals surface area contributed by atoms with E-state index in [2.05, 4.69) is 5.43 Å². The summed E-state index contributed by atoms with van der Waals surface area (Å²) in [4.78, 5) is 26.8. The molecule has 0 aliphatic carbocycles. The fourth-order valence-electron chi connectivity index (χ4n) is 2.39. The van der Waals surface area contributed by atoms with Gasteiger partial charge in [0.05, 0.1) is 4.88 Å². The van der Waals surface area contributed by atoms with Gasteiger partial charge in [-0.25, -0.2) is 9.40 Å². The lowest BCUT2D eigenvalue weighted by Crippen LogP contribution is -2.54. The maximum Gasteiger partial charge on any atom is 0.265 e. The monoisotopic (exact) mass is 333 g/mol. The van der Waals surface area contributed by atoms with Gasteiger partial charge in [-0.3, -0.25) is 15.0 Å². The minimum absolute atomic E-state index is 0.0320. The summed E-state index contributed by atoms with van der Waals surface area (Å²) in [7, 11) is 0. The topological polar surface area (TPSA) is 52.7 Å². The molecular formula is C16H16FN3O2S. The first-order valence-electron chi connectivity index (χ1n) is 7.28. The van der Waals surface area contributed by atoms with Gasteiger partial charge in [-0.05, 0) is 35.7 Å². The third kappa shape index (κ3) is 3.75. The fourth-order valence-corrected chi connectivity index (χ4v) is 3.08. The third-order valence-electron chi connectivity index (χ3n) is 3.66. The summed E-state index contributed by atoms with van der Waals surface area (Å²) in [5, 5.41) is 3.66. The van der Waals surface area contributed by atoms with E-state index in [0.717, 1.165) is 4.88 Å². The first kappa shape index (κ1) is 15.6. The van der Waals surface area contributed by atoms with Gasteiger partial charge in [-0.15, -0.1) is 11.3 Å². The van der Waals surface area contributed by atoms with Gasteiger partial charge >= 0.3 is 0 Å². The number of rotatable bonds is 3. The first-order chi connectivity index (χ1) is 11.1. The number of nitrogens with zero attached hydrogens (tertiary/aromatic N) is 2. The van der Waals surface area contributed by atoms with Gasteiger partial charge < -0.3 is 4.90 Å². The highest BCUT2D eigenvalue weighted by Crippen LogP contribution is 2.13. The van der Waals surface area contributed by atoms with E-state index in [0.29, 0.717) is 31.7 Å². The standard InChI is InChI=1S/C16H16FN3O2S/c17-13-5-3-12(4-6-13)15(21)18-20-9-7-19(8-10-20)16(22)14-2-1-11-23-14/h1-6,11H,7-10H2,(H,18,21). The Kier molecular flexibility index (Phi) is 4.68. The Morgan fingerprint density at radius 2 is 1.74 bits per heavy atom. The van der Waals surface area contributed by atoms with Crippen LogP contribution in [0.15, 0.2) is 41.8 Å². The molecule has 120 valence electrons. The molecule has 1 N–H and O–H groups in total. The second-order valence-corrected chi connectivity index (χ2v) is 6.15. The number of amides is 2. The Bertz CT molecular complexity index is 680. The quantitative estimate of drug-likeness (QED) is 0.935. The summed E-state index contributed by atoms with van der Waals surface area (Å²) in [6.45, 7) is 2.23. The maximum atomic E-state index is 12.9. The lowest BCUT2D eigenvalue weighted by atomic mass is 10.2. The summed E-state index contributed by atoms with van der Waals surface area (Å²) >= 11 is 1.43. The van der Waals surface area contributed by atoms with E-state index < -0.39 is 0 Å². The summed E-state index contributed by atoms with van der Waals surface area (Å²) in [6, 6.07) is 9.08. The van der Waals surface area contributed by atoms with E-state index >= 15 is 0 Å². The number of piperazine rings is 1. The highest BCUT2D eigenvalue weighted by Gasteiger charge is 2.23. The molecule has 0 spiro atoms. The molecule has 1 aromatic carbocycles. The number of carbonyl (C=O) groups excluding carboxylic acids is 2. The lowest BCUT2D eigenvalue weighted by Gasteiger charge is -2.34. The Balaban J connectivity index is 1.52. The van der Waals surface area contributed by atoms with Crippen LogP contribution in [0.2, 0.25) is 0 Å². The van der Waals surface area contributed by atoms with E-state index in [1.54, 1.807) is 9.91 Å². The van der Waals surface area contributed by atoms with Crippen LogP contribution in [0.5, 0.6) is 0 Å². The van der Waals surface area contributed by atoms with Gasteiger partial charge in [0.25, 0.3) is 11.8 Å². The summed E-state index contributed by atoms with van der Waals surface area (Å²) in [5.74, 6) is -0.616. The number of thiophene rings is 1. The van der Waals surface area contributed by atoms with Crippen LogP contribution >= 0.6 is 11.3 Å². The molecule has 0 radical (unpaired) electrons. The summed E-state index contributed by atoms with van der Waals surface area (Å²) in [5.41, 5.74) is 3.19. The molecule has 1 saturated heterocycles. The van der Waals surface area contributed by atoms with Crippen LogP contribution in [0.4, 0.5) is 4.39 Å². The van der Waals surface area contributed by atoms with Crippen molar-refractivity contribution in [2.75, 3.05) is 26.2 Å². The van der Waals surface area contributed by atoms with Crippen LogP contribution in [-0.4, -0.2) is 47.9 Å². The van der Waals surface area contributed by atoms with Crippen molar-refractivity contribution < 1.29 is 14.0 Å². The molecule has 1 aliphatic rings. The van der Waals surface area contributed by atoms with Crippen molar-refractivity contribution in [2.45, 2.75) is 0 Å². The first-order valence-corrected chi connectivity index (χ1v) is 8.16. The summed E-state index contributed by atoms with van der Waals surface area (Å²) in [6.07, 6.45) is 0. The van der Waals surface area contributed by atoms with Crippen molar-refractivity contribution in [3.05, 3.63) is 58.0 Å². The highest BCUT2D eigenvalue weighted by molar-refractivity contribution is 7.12. The molecule has 0 bridgehead atoms. The number of nitrogens with one attached hydrogen (secondary N) is 1. The van der Waals surface area contributed by atoms with Crippen LogP contribution in [0.1, 0.15) is 20.0 Å². The van der Waals surface area contributed by atoms with E-state index in [1.165, 1.54) is 35.6 Å². The Morgan fingerprint density at radius 3 is 2.35 bits per heavy atom. The minimum Gasteiger partial charge on any atom is -0.335 e. The maximum absolute atomic E-state index is 12.9.